The van der Waals surface area contributed by atoms with E-state index >= 15 is 0 Å². The van der Waals surface area contributed by atoms with Crippen LogP contribution in [0.15, 0.2) is 41.0 Å². The Morgan fingerprint density at radius 2 is 2.00 bits per heavy atom. The fourth-order valence-electron chi connectivity index (χ4n) is 1.80. The standard InChI is InChI=1S/C14H17NO5S/c1-18-13-6-5-11(8-14(13)20-21(2,16)17)9-15-10-12-4-3-7-19-12/h3-8,15H,9-10H2,1-2H3. The number of methoxy groups -OCH3 is 1. The lowest BCUT2D eigenvalue weighted by atomic mass is 10.2. The molecule has 0 radical (unpaired) electrons. The summed E-state index contributed by atoms with van der Waals surface area (Å²) in [5, 5.41) is 3.19. The first-order valence-corrected chi connectivity index (χ1v) is 8.09. The monoisotopic (exact) mass is 311 g/mol. The molecule has 2 aromatic rings. The van der Waals surface area contributed by atoms with Crippen molar-refractivity contribution in [1.29, 1.82) is 0 Å². The first-order valence-electron chi connectivity index (χ1n) is 6.27. The van der Waals surface area contributed by atoms with E-state index in [4.69, 9.17) is 13.3 Å². The molecule has 1 N–H and O–H groups in total. The van der Waals surface area contributed by atoms with Crippen molar-refractivity contribution in [2.75, 3.05) is 13.4 Å². The van der Waals surface area contributed by atoms with Crippen molar-refractivity contribution < 1.29 is 21.8 Å². The second-order valence-corrected chi connectivity index (χ2v) is 6.03. The third-order valence-electron chi connectivity index (χ3n) is 2.68. The van der Waals surface area contributed by atoms with Crippen LogP contribution in [0.1, 0.15) is 11.3 Å². The summed E-state index contributed by atoms with van der Waals surface area (Å²) in [4.78, 5) is 0. The Morgan fingerprint density at radius 1 is 1.19 bits per heavy atom. The molecule has 0 spiro atoms. The van der Waals surface area contributed by atoms with E-state index < -0.39 is 10.1 Å². The molecule has 1 aromatic heterocycles. The topological polar surface area (TPSA) is 77.8 Å². The van der Waals surface area contributed by atoms with Gasteiger partial charge in [0.15, 0.2) is 11.5 Å². The van der Waals surface area contributed by atoms with Gasteiger partial charge in [-0.05, 0) is 29.8 Å². The van der Waals surface area contributed by atoms with E-state index in [2.05, 4.69) is 5.32 Å². The van der Waals surface area contributed by atoms with Gasteiger partial charge in [0.1, 0.15) is 5.76 Å². The summed E-state index contributed by atoms with van der Waals surface area (Å²) in [5.41, 5.74) is 0.876. The van der Waals surface area contributed by atoms with Crippen molar-refractivity contribution in [3.05, 3.63) is 47.9 Å². The highest BCUT2D eigenvalue weighted by atomic mass is 32.2. The lowest BCUT2D eigenvalue weighted by molar-refractivity contribution is 0.391. The minimum Gasteiger partial charge on any atom is -0.493 e. The number of benzene rings is 1. The van der Waals surface area contributed by atoms with Crippen LogP contribution in [-0.2, 0) is 23.2 Å². The Hall–Kier alpha value is -1.99. The normalized spacial score (nSPS) is 11.3. The molecule has 7 heteroatoms. The molecule has 21 heavy (non-hydrogen) atoms. The van der Waals surface area contributed by atoms with E-state index in [1.54, 1.807) is 18.4 Å². The molecule has 1 heterocycles. The predicted octanol–water partition coefficient (Wildman–Crippen LogP) is 1.92. The van der Waals surface area contributed by atoms with E-state index in [1.807, 2.05) is 18.2 Å². The van der Waals surface area contributed by atoms with Crippen LogP contribution in [-0.4, -0.2) is 21.8 Å². The van der Waals surface area contributed by atoms with Crippen molar-refractivity contribution in [2.24, 2.45) is 0 Å². The van der Waals surface area contributed by atoms with Crippen molar-refractivity contribution in [3.63, 3.8) is 0 Å². The van der Waals surface area contributed by atoms with Gasteiger partial charge in [-0.15, -0.1) is 0 Å². The van der Waals surface area contributed by atoms with Gasteiger partial charge < -0.3 is 18.7 Å². The van der Waals surface area contributed by atoms with Gasteiger partial charge in [0, 0.05) is 6.54 Å². The van der Waals surface area contributed by atoms with Crippen LogP contribution < -0.4 is 14.2 Å². The van der Waals surface area contributed by atoms with Gasteiger partial charge in [-0.3, -0.25) is 0 Å². The SMILES string of the molecule is COc1ccc(CNCc2ccco2)cc1OS(C)(=O)=O. The Morgan fingerprint density at radius 3 is 2.62 bits per heavy atom. The van der Waals surface area contributed by atoms with Crippen molar-refractivity contribution in [1.82, 2.24) is 5.32 Å². The van der Waals surface area contributed by atoms with E-state index in [1.165, 1.54) is 7.11 Å². The van der Waals surface area contributed by atoms with Gasteiger partial charge in [0.2, 0.25) is 0 Å². The third-order valence-corrected chi connectivity index (χ3v) is 3.16. The maximum absolute atomic E-state index is 11.2. The van der Waals surface area contributed by atoms with E-state index in [0.717, 1.165) is 17.6 Å². The summed E-state index contributed by atoms with van der Waals surface area (Å²) >= 11 is 0. The molecule has 0 amide bonds. The van der Waals surface area contributed by atoms with Gasteiger partial charge in [-0.1, -0.05) is 6.07 Å². The molecule has 0 saturated heterocycles. The van der Waals surface area contributed by atoms with Crippen LogP contribution in [0.2, 0.25) is 0 Å². The summed E-state index contributed by atoms with van der Waals surface area (Å²) in [6, 6.07) is 8.84. The molecular weight excluding hydrogens is 294 g/mol. The summed E-state index contributed by atoms with van der Waals surface area (Å²) < 4.78 is 37.7. The molecule has 0 aliphatic carbocycles. The zero-order chi connectivity index (χ0) is 15.3. The van der Waals surface area contributed by atoms with Gasteiger partial charge in [-0.2, -0.15) is 8.42 Å². The first-order chi connectivity index (χ1) is 9.98. The van der Waals surface area contributed by atoms with Gasteiger partial charge in [0.25, 0.3) is 0 Å². The van der Waals surface area contributed by atoms with Gasteiger partial charge >= 0.3 is 10.1 Å². The Bertz CT molecular complexity index is 679. The van der Waals surface area contributed by atoms with E-state index in [0.29, 0.717) is 18.8 Å². The van der Waals surface area contributed by atoms with Crippen LogP contribution >= 0.6 is 0 Å². The minimum atomic E-state index is -3.60. The molecule has 0 unspecified atom stereocenters. The molecule has 0 bridgehead atoms. The lowest BCUT2D eigenvalue weighted by Crippen LogP contribution is -2.13. The summed E-state index contributed by atoms with van der Waals surface area (Å²) in [7, 11) is -2.14. The highest BCUT2D eigenvalue weighted by Gasteiger charge is 2.11. The first kappa shape index (κ1) is 15.4. The maximum atomic E-state index is 11.2. The molecule has 1 aromatic carbocycles. The molecule has 6 nitrogen and oxygen atoms in total. The van der Waals surface area contributed by atoms with Crippen LogP contribution in [0.4, 0.5) is 0 Å². The highest BCUT2D eigenvalue weighted by molar-refractivity contribution is 7.86. The molecule has 0 aliphatic rings. The quantitative estimate of drug-likeness (QED) is 0.787. The van der Waals surface area contributed by atoms with Crippen LogP contribution in [0.5, 0.6) is 11.5 Å². The second kappa shape index (κ2) is 6.64. The zero-order valence-electron chi connectivity index (χ0n) is 11.8. The number of ether oxygens (including phenoxy) is 1. The van der Waals surface area contributed by atoms with Gasteiger partial charge in [-0.25, -0.2) is 0 Å². The third kappa shape index (κ3) is 4.80. The van der Waals surface area contributed by atoms with Crippen molar-refractivity contribution in [2.45, 2.75) is 13.1 Å². The molecule has 114 valence electrons. The number of hydrogen-bond acceptors (Lipinski definition) is 6. The number of nitrogens with one attached hydrogen (secondary N) is 1. The molecule has 0 atom stereocenters. The van der Waals surface area contributed by atoms with Gasteiger partial charge in [0.05, 0.1) is 26.2 Å². The number of rotatable bonds is 7. The molecule has 0 fully saturated rings. The van der Waals surface area contributed by atoms with E-state index in [-0.39, 0.29) is 5.75 Å². The summed E-state index contributed by atoms with van der Waals surface area (Å²) in [5.74, 6) is 1.38. The lowest BCUT2D eigenvalue weighted by Gasteiger charge is -2.11. The fourth-order valence-corrected chi connectivity index (χ4v) is 2.26. The van der Waals surface area contributed by atoms with E-state index in [9.17, 15) is 8.42 Å². The molecular formula is C14H17NO5S. The summed E-state index contributed by atoms with van der Waals surface area (Å²) in [6.45, 7) is 1.13. The fraction of sp³-hybridized carbons (Fsp3) is 0.286. The second-order valence-electron chi connectivity index (χ2n) is 4.46. The van der Waals surface area contributed by atoms with Crippen LogP contribution in [0.3, 0.4) is 0 Å². The number of hydrogen-bond donors (Lipinski definition) is 1. The predicted molar refractivity (Wildman–Crippen MR) is 77.7 cm³/mol. The average Bonchev–Trinajstić information content (AvgIpc) is 2.90. The highest BCUT2D eigenvalue weighted by Crippen LogP contribution is 2.29. The van der Waals surface area contributed by atoms with Crippen LogP contribution in [0, 0.1) is 0 Å². The Kier molecular flexibility index (Phi) is 4.87. The number of furan rings is 1. The largest absolute Gasteiger partial charge is 0.493 e. The average molecular weight is 311 g/mol. The minimum absolute atomic E-state index is 0.178. The molecule has 0 saturated carbocycles. The maximum Gasteiger partial charge on any atom is 0.306 e. The smallest absolute Gasteiger partial charge is 0.306 e. The molecule has 2 rings (SSSR count). The van der Waals surface area contributed by atoms with Crippen molar-refractivity contribution >= 4 is 10.1 Å². The zero-order valence-corrected chi connectivity index (χ0v) is 12.6. The van der Waals surface area contributed by atoms with Crippen LogP contribution in [0.25, 0.3) is 0 Å². The summed E-state index contributed by atoms with van der Waals surface area (Å²) in [6.07, 6.45) is 2.61. The molecule has 0 aliphatic heterocycles. The van der Waals surface area contributed by atoms with Crippen molar-refractivity contribution in [3.8, 4) is 11.5 Å². The Labute approximate surface area is 123 Å². The Balaban J connectivity index is 2.04.